The van der Waals surface area contributed by atoms with E-state index in [0.29, 0.717) is 17.2 Å². The van der Waals surface area contributed by atoms with Crippen molar-refractivity contribution in [2.24, 2.45) is 0 Å². The minimum absolute atomic E-state index is 0. The van der Waals surface area contributed by atoms with Gasteiger partial charge in [0.2, 0.25) is 0 Å². The van der Waals surface area contributed by atoms with Crippen LogP contribution in [0, 0.1) is 6.92 Å². The molecule has 1 aliphatic heterocycles. The lowest BCUT2D eigenvalue weighted by atomic mass is 10.0. The Bertz CT molecular complexity index is 790. The normalized spacial score (nSPS) is 15.0. The molecule has 1 aromatic heterocycles. The van der Waals surface area contributed by atoms with E-state index >= 15 is 0 Å². The van der Waals surface area contributed by atoms with E-state index in [2.05, 4.69) is 21.7 Å². The topological polar surface area (TPSA) is 45.7 Å². The number of hydrogen-bond acceptors (Lipinski definition) is 5. The Morgan fingerprint density at radius 2 is 1.92 bits per heavy atom. The second kappa shape index (κ2) is 8.89. The number of carbonyl (C=O) groups excluding carboxylic acids is 1. The van der Waals surface area contributed by atoms with Gasteiger partial charge in [0.15, 0.2) is 0 Å². The Kier molecular flexibility index (Phi) is 7.09. The fraction of sp³-hybridized carbons (Fsp3) is 0.474. The molecule has 1 saturated heterocycles. The zero-order valence-electron chi connectivity index (χ0n) is 15.4. The van der Waals surface area contributed by atoms with Crippen molar-refractivity contribution in [2.45, 2.75) is 20.8 Å². The summed E-state index contributed by atoms with van der Waals surface area (Å²) in [5.74, 6) is -0.322. The molecule has 0 amide bonds. The molecule has 0 unspecified atom stereocenters. The predicted molar refractivity (Wildman–Crippen MR) is 102 cm³/mol. The van der Waals surface area contributed by atoms with E-state index < -0.39 is 0 Å². The smallest absolute Gasteiger partial charge is 0.341 e. The van der Waals surface area contributed by atoms with E-state index in [-0.39, 0.29) is 18.4 Å². The number of benzene rings is 1. The maximum absolute atomic E-state index is 12.5. The third kappa shape index (κ3) is 3.90. The van der Waals surface area contributed by atoms with Crippen molar-refractivity contribution in [1.82, 2.24) is 9.88 Å². The number of aryl methyl sites for hydroxylation is 1. The zero-order chi connectivity index (χ0) is 18.0. The lowest BCUT2D eigenvalue weighted by molar-refractivity contribution is -0.0000232. The number of anilines is 1. The van der Waals surface area contributed by atoms with Crippen molar-refractivity contribution in [1.29, 1.82) is 0 Å². The summed E-state index contributed by atoms with van der Waals surface area (Å²) in [5, 5.41) is 1.64. The molecule has 7 heteroatoms. The van der Waals surface area contributed by atoms with Gasteiger partial charge in [0, 0.05) is 42.8 Å². The molecule has 1 aromatic carbocycles. The number of likely N-dealkylation sites (N-methyl/N-ethyl adjacent to an activating group) is 1. The summed E-state index contributed by atoms with van der Waals surface area (Å²) >= 11 is 6.26. The first kappa shape index (κ1) is 20.7. The van der Waals surface area contributed by atoms with Crippen LogP contribution >= 0.6 is 11.6 Å². The van der Waals surface area contributed by atoms with E-state index in [4.69, 9.17) is 16.3 Å². The number of hydrogen-bond donors (Lipinski definition) is 0. The van der Waals surface area contributed by atoms with Gasteiger partial charge in [0.1, 0.15) is 5.56 Å². The summed E-state index contributed by atoms with van der Waals surface area (Å²) in [4.78, 5) is 21.7. The average Bonchev–Trinajstić information content (AvgIpc) is 2.64. The molecule has 2 aromatic rings. The van der Waals surface area contributed by atoms with Crippen molar-refractivity contribution < 1.29 is 21.9 Å². The van der Waals surface area contributed by atoms with Gasteiger partial charge in [-0.1, -0.05) is 18.5 Å². The first-order valence-electron chi connectivity index (χ1n) is 8.79. The van der Waals surface area contributed by atoms with Crippen molar-refractivity contribution in [2.75, 3.05) is 44.2 Å². The van der Waals surface area contributed by atoms with Gasteiger partial charge < -0.3 is 26.9 Å². The summed E-state index contributed by atoms with van der Waals surface area (Å²) in [6, 6.07) is 3.84. The molecule has 0 atom stereocenters. The molecule has 142 valence electrons. The molecular weight excluding hydrogens is 373 g/mol. The molecule has 5 nitrogen and oxygen atoms in total. The number of piperazine rings is 1. The maximum Gasteiger partial charge on any atom is 0.341 e. The van der Waals surface area contributed by atoms with Crippen LogP contribution < -0.4 is 17.3 Å². The highest BCUT2D eigenvalue weighted by Crippen LogP contribution is 2.34. The standard InChI is InChI=1S/C19H24ClN3O2.ClH/c1-4-22-8-10-23(11-9-22)18-14-6-7-16(20)13(3)17(14)21-12-15(18)19(24)25-5-2;/h6-7,12H,4-5,8-11H2,1-3H3;1H/p-1. The SMILES string of the molecule is CCOC(=O)c1cnc2c(C)c(Cl)ccc2c1N1CCN(CC)CC1.[Cl-]. The number of nitrogens with zero attached hydrogens (tertiary/aromatic N) is 3. The van der Waals surface area contributed by atoms with Crippen LogP contribution in [0.5, 0.6) is 0 Å². The number of esters is 1. The van der Waals surface area contributed by atoms with Crippen LogP contribution in [0.1, 0.15) is 29.8 Å². The number of ether oxygens (including phenoxy) is 1. The average molecular weight is 397 g/mol. The van der Waals surface area contributed by atoms with Crippen LogP contribution in [0.25, 0.3) is 10.9 Å². The minimum Gasteiger partial charge on any atom is -1.00 e. The molecule has 2 heterocycles. The fourth-order valence-electron chi connectivity index (χ4n) is 3.35. The zero-order valence-corrected chi connectivity index (χ0v) is 16.9. The number of fused-ring (bicyclic) bond motifs is 1. The number of carbonyl (C=O) groups is 1. The number of aromatic nitrogens is 1. The van der Waals surface area contributed by atoms with Gasteiger partial charge in [0.25, 0.3) is 0 Å². The van der Waals surface area contributed by atoms with E-state index in [1.54, 1.807) is 6.20 Å². The van der Waals surface area contributed by atoms with E-state index in [0.717, 1.165) is 54.9 Å². The molecular formula is C19H24Cl2N3O2-. The second-order valence-electron chi connectivity index (χ2n) is 6.23. The molecule has 0 N–H and O–H groups in total. The largest absolute Gasteiger partial charge is 1.00 e. The first-order valence-corrected chi connectivity index (χ1v) is 9.16. The first-order chi connectivity index (χ1) is 12.1. The molecule has 0 spiro atoms. The molecule has 0 bridgehead atoms. The number of pyridine rings is 1. The Labute approximate surface area is 165 Å². The van der Waals surface area contributed by atoms with Gasteiger partial charge in [-0.15, -0.1) is 0 Å². The van der Waals surface area contributed by atoms with Crippen LogP contribution in [0.4, 0.5) is 5.69 Å². The van der Waals surface area contributed by atoms with Gasteiger partial charge in [-0.05, 0) is 38.1 Å². The predicted octanol–water partition coefficient (Wildman–Crippen LogP) is 0.519. The molecule has 0 saturated carbocycles. The summed E-state index contributed by atoms with van der Waals surface area (Å²) in [7, 11) is 0. The number of halogens is 2. The Balaban J connectivity index is 0.00000243. The van der Waals surface area contributed by atoms with Crippen LogP contribution in [0.2, 0.25) is 5.02 Å². The third-order valence-corrected chi connectivity index (χ3v) is 5.24. The molecule has 0 aliphatic carbocycles. The molecule has 0 radical (unpaired) electrons. The minimum atomic E-state index is -0.322. The quantitative estimate of drug-likeness (QED) is 0.704. The third-order valence-electron chi connectivity index (χ3n) is 4.83. The van der Waals surface area contributed by atoms with Crippen molar-refractivity contribution in [3.63, 3.8) is 0 Å². The van der Waals surface area contributed by atoms with Crippen LogP contribution in [0.3, 0.4) is 0 Å². The van der Waals surface area contributed by atoms with E-state index in [9.17, 15) is 4.79 Å². The summed E-state index contributed by atoms with van der Waals surface area (Å²) < 4.78 is 5.26. The lowest BCUT2D eigenvalue weighted by Gasteiger charge is -2.36. The van der Waals surface area contributed by atoms with Gasteiger partial charge >= 0.3 is 5.97 Å². The highest BCUT2D eigenvalue weighted by atomic mass is 35.5. The second-order valence-corrected chi connectivity index (χ2v) is 6.64. The van der Waals surface area contributed by atoms with Crippen LogP contribution in [-0.2, 0) is 4.74 Å². The maximum atomic E-state index is 12.5. The highest BCUT2D eigenvalue weighted by Gasteiger charge is 2.25. The lowest BCUT2D eigenvalue weighted by Crippen LogP contribution is -3.00. The van der Waals surface area contributed by atoms with Crippen LogP contribution in [-0.4, -0.2) is 55.2 Å². The van der Waals surface area contributed by atoms with Crippen LogP contribution in [0.15, 0.2) is 18.3 Å². The molecule has 26 heavy (non-hydrogen) atoms. The van der Waals surface area contributed by atoms with E-state index in [1.807, 2.05) is 26.0 Å². The van der Waals surface area contributed by atoms with E-state index in [1.165, 1.54) is 0 Å². The van der Waals surface area contributed by atoms with Gasteiger partial charge in [0.05, 0.1) is 17.8 Å². The molecule has 1 fully saturated rings. The van der Waals surface area contributed by atoms with Gasteiger partial charge in [-0.2, -0.15) is 0 Å². The van der Waals surface area contributed by atoms with Gasteiger partial charge in [-0.25, -0.2) is 4.79 Å². The summed E-state index contributed by atoms with van der Waals surface area (Å²) in [6.45, 7) is 11.1. The Morgan fingerprint density at radius 1 is 1.23 bits per heavy atom. The fourth-order valence-corrected chi connectivity index (χ4v) is 3.51. The van der Waals surface area contributed by atoms with Crippen molar-refractivity contribution >= 4 is 34.2 Å². The molecule has 1 aliphatic rings. The molecule has 3 rings (SSSR count). The number of rotatable bonds is 4. The summed E-state index contributed by atoms with van der Waals surface area (Å²) in [6.07, 6.45) is 1.63. The monoisotopic (exact) mass is 396 g/mol. The Hall–Kier alpha value is -1.56. The summed E-state index contributed by atoms with van der Waals surface area (Å²) in [5.41, 5.74) is 3.22. The van der Waals surface area contributed by atoms with Gasteiger partial charge in [-0.3, -0.25) is 4.98 Å². The van der Waals surface area contributed by atoms with Crippen molar-refractivity contribution in [3.8, 4) is 0 Å². The Morgan fingerprint density at radius 3 is 2.54 bits per heavy atom. The highest BCUT2D eigenvalue weighted by molar-refractivity contribution is 6.32. The van der Waals surface area contributed by atoms with Crippen molar-refractivity contribution in [3.05, 3.63) is 34.5 Å².